The second-order valence-electron chi connectivity index (χ2n) is 4.36. The van der Waals surface area contributed by atoms with Crippen LogP contribution in [0.5, 0.6) is 0 Å². The van der Waals surface area contributed by atoms with Crippen LogP contribution >= 0.6 is 0 Å². The van der Waals surface area contributed by atoms with Crippen molar-refractivity contribution in [2.75, 3.05) is 5.32 Å². The molecular weight excluding hydrogens is 203 g/mol. The van der Waals surface area contributed by atoms with Gasteiger partial charge in [-0.3, -0.25) is 0 Å². The summed E-state index contributed by atoms with van der Waals surface area (Å²) in [7, 11) is 0. The van der Waals surface area contributed by atoms with Gasteiger partial charge in [-0.1, -0.05) is 0 Å². The fraction of sp³-hybridized carbons (Fsp3) is 0.455. The zero-order valence-electron chi connectivity index (χ0n) is 8.87. The summed E-state index contributed by atoms with van der Waals surface area (Å²) in [4.78, 5) is 0. The highest BCUT2D eigenvalue weighted by Gasteiger charge is 2.30. The Kier molecular flexibility index (Phi) is 2.98. The Bertz CT molecular complexity index is 319. The lowest BCUT2D eigenvalue weighted by atomic mass is 10.1. The van der Waals surface area contributed by atoms with Crippen molar-refractivity contribution in [3.05, 3.63) is 29.8 Å². The molecule has 0 aliphatic rings. The van der Waals surface area contributed by atoms with Crippen LogP contribution in [0.25, 0.3) is 0 Å². The third-order valence-corrected chi connectivity index (χ3v) is 1.65. The van der Waals surface area contributed by atoms with E-state index in [1.807, 2.05) is 20.8 Å². The Balaban J connectivity index is 2.82. The first kappa shape index (κ1) is 11.9. The van der Waals surface area contributed by atoms with Gasteiger partial charge in [-0.05, 0) is 39.0 Å². The van der Waals surface area contributed by atoms with Gasteiger partial charge in [0.05, 0.1) is 5.56 Å². The van der Waals surface area contributed by atoms with Gasteiger partial charge in [-0.25, -0.2) is 0 Å². The van der Waals surface area contributed by atoms with E-state index in [9.17, 15) is 13.2 Å². The molecule has 1 aromatic carbocycles. The van der Waals surface area contributed by atoms with Gasteiger partial charge < -0.3 is 5.32 Å². The quantitative estimate of drug-likeness (QED) is 0.754. The summed E-state index contributed by atoms with van der Waals surface area (Å²) >= 11 is 0. The van der Waals surface area contributed by atoms with E-state index in [1.54, 1.807) is 0 Å². The Hall–Kier alpha value is -1.19. The molecule has 0 heterocycles. The van der Waals surface area contributed by atoms with Gasteiger partial charge in [-0.2, -0.15) is 13.2 Å². The molecule has 0 aromatic heterocycles. The molecule has 15 heavy (non-hydrogen) atoms. The van der Waals surface area contributed by atoms with Gasteiger partial charge in [0.1, 0.15) is 0 Å². The highest BCUT2D eigenvalue weighted by atomic mass is 19.4. The smallest absolute Gasteiger partial charge is 0.380 e. The number of rotatable bonds is 1. The zero-order valence-corrected chi connectivity index (χ0v) is 8.87. The first-order valence-electron chi connectivity index (χ1n) is 4.55. The molecule has 1 N–H and O–H groups in total. The fourth-order valence-corrected chi connectivity index (χ4v) is 1.08. The van der Waals surface area contributed by atoms with Crippen molar-refractivity contribution < 1.29 is 13.2 Å². The maximum atomic E-state index is 12.2. The van der Waals surface area contributed by atoms with E-state index in [-0.39, 0.29) is 5.54 Å². The number of hydrogen-bond donors (Lipinski definition) is 1. The molecule has 0 saturated heterocycles. The molecule has 0 spiro atoms. The summed E-state index contributed by atoms with van der Waals surface area (Å²) in [5, 5.41) is 3.04. The van der Waals surface area contributed by atoms with Crippen molar-refractivity contribution in [2.45, 2.75) is 32.5 Å². The number of hydrogen-bond acceptors (Lipinski definition) is 1. The Morgan fingerprint density at radius 3 is 2.07 bits per heavy atom. The van der Waals surface area contributed by atoms with Crippen molar-refractivity contribution >= 4 is 5.69 Å². The van der Waals surface area contributed by atoms with Gasteiger partial charge >= 0.3 is 6.18 Å². The van der Waals surface area contributed by atoms with Crippen molar-refractivity contribution in [2.24, 2.45) is 0 Å². The highest BCUT2D eigenvalue weighted by molar-refractivity contribution is 5.45. The van der Waals surface area contributed by atoms with Crippen LogP contribution in [-0.4, -0.2) is 5.54 Å². The lowest BCUT2D eigenvalue weighted by Crippen LogP contribution is -2.26. The lowest BCUT2D eigenvalue weighted by Gasteiger charge is -2.22. The molecular formula is C11H13F3N. The molecule has 0 unspecified atom stereocenters. The van der Waals surface area contributed by atoms with E-state index < -0.39 is 11.7 Å². The molecule has 83 valence electrons. The summed E-state index contributed by atoms with van der Waals surface area (Å²) in [6.45, 7) is 5.79. The maximum Gasteiger partial charge on any atom is 0.416 e. The first-order chi connectivity index (χ1) is 6.68. The van der Waals surface area contributed by atoms with Crippen LogP contribution in [0.1, 0.15) is 26.3 Å². The first-order valence-corrected chi connectivity index (χ1v) is 4.55. The summed E-state index contributed by atoms with van der Waals surface area (Å²) < 4.78 is 36.7. The molecule has 1 nitrogen and oxygen atoms in total. The van der Waals surface area contributed by atoms with Gasteiger partial charge in [0, 0.05) is 17.3 Å². The summed E-state index contributed by atoms with van der Waals surface area (Å²) in [6.07, 6.45) is -4.29. The predicted octanol–water partition coefficient (Wildman–Crippen LogP) is 3.72. The van der Waals surface area contributed by atoms with Crippen LogP contribution in [0.2, 0.25) is 0 Å². The largest absolute Gasteiger partial charge is 0.416 e. The average molecular weight is 216 g/mol. The molecule has 1 aromatic rings. The minimum Gasteiger partial charge on any atom is -0.380 e. The molecule has 0 bridgehead atoms. The van der Waals surface area contributed by atoms with E-state index >= 15 is 0 Å². The van der Waals surface area contributed by atoms with Crippen molar-refractivity contribution in [3.63, 3.8) is 0 Å². The van der Waals surface area contributed by atoms with E-state index in [0.29, 0.717) is 5.69 Å². The van der Waals surface area contributed by atoms with Gasteiger partial charge in [0.15, 0.2) is 0 Å². The van der Waals surface area contributed by atoms with Crippen LogP contribution in [0, 0.1) is 6.07 Å². The van der Waals surface area contributed by atoms with Crippen LogP contribution in [-0.2, 0) is 6.18 Å². The molecule has 0 aliphatic carbocycles. The van der Waals surface area contributed by atoms with E-state index in [4.69, 9.17) is 0 Å². The SMILES string of the molecule is CC(C)(C)Nc1[c]cc(C(F)(F)F)cc1. The second kappa shape index (κ2) is 3.76. The third kappa shape index (κ3) is 3.81. The predicted molar refractivity (Wildman–Crippen MR) is 53.7 cm³/mol. The maximum absolute atomic E-state index is 12.2. The van der Waals surface area contributed by atoms with Gasteiger partial charge in [-0.15, -0.1) is 0 Å². The fourth-order valence-electron chi connectivity index (χ4n) is 1.08. The van der Waals surface area contributed by atoms with E-state index in [0.717, 1.165) is 12.1 Å². The Morgan fingerprint density at radius 1 is 1.13 bits per heavy atom. The molecule has 1 rings (SSSR count). The summed E-state index contributed by atoms with van der Waals surface area (Å²) in [6, 6.07) is 5.95. The molecule has 1 radical (unpaired) electrons. The van der Waals surface area contributed by atoms with Crippen LogP contribution in [0.4, 0.5) is 18.9 Å². The third-order valence-electron chi connectivity index (χ3n) is 1.65. The van der Waals surface area contributed by atoms with Crippen molar-refractivity contribution in [1.29, 1.82) is 0 Å². The number of nitrogens with one attached hydrogen (secondary N) is 1. The van der Waals surface area contributed by atoms with E-state index in [1.165, 1.54) is 6.07 Å². The topological polar surface area (TPSA) is 12.0 Å². The van der Waals surface area contributed by atoms with Crippen molar-refractivity contribution in [3.8, 4) is 0 Å². The monoisotopic (exact) mass is 216 g/mol. The highest BCUT2D eigenvalue weighted by Crippen LogP contribution is 2.29. The van der Waals surface area contributed by atoms with Gasteiger partial charge in [0.2, 0.25) is 0 Å². The minimum atomic E-state index is -4.29. The lowest BCUT2D eigenvalue weighted by molar-refractivity contribution is -0.137. The normalized spacial score (nSPS) is 12.7. The zero-order chi connectivity index (χ0) is 11.7. The number of benzene rings is 1. The number of anilines is 1. The minimum absolute atomic E-state index is 0.184. The Morgan fingerprint density at radius 2 is 1.73 bits per heavy atom. The van der Waals surface area contributed by atoms with Gasteiger partial charge in [0.25, 0.3) is 0 Å². The number of halogens is 3. The molecule has 4 heteroatoms. The number of alkyl halides is 3. The van der Waals surface area contributed by atoms with Crippen LogP contribution in [0.3, 0.4) is 0 Å². The molecule has 0 fully saturated rings. The van der Waals surface area contributed by atoms with E-state index in [2.05, 4.69) is 11.4 Å². The standard InChI is InChI=1S/C11H13F3N/c1-10(2,3)15-9-6-4-8(5-7-9)11(12,13)14/h4-6,15H,1-3H3. The average Bonchev–Trinajstić information content (AvgIpc) is 2.00. The second-order valence-corrected chi connectivity index (χ2v) is 4.36. The Labute approximate surface area is 87.3 Å². The molecule has 0 saturated carbocycles. The van der Waals surface area contributed by atoms with Crippen molar-refractivity contribution in [1.82, 2.24) is 0 Å². The molecule has 0 aliphatic heterocycles. The van der Waals surface area contributed by atoms with Crippen LogP contribution < -0.4 is 5.32 Å². The summed E-state index contributed by atoms with van der Waals surface area (Å²) in [5.74, 6) is 0. The van der Waals surface area contributed by atoms with Crippen LogP contribution in [0.15, 0.2) is 18.2 Å². The summed E-state index contributed by atoms with van der Waals surface area (Å²) in [5.41, 5.74) is -0.298. The molecule has 0 atom stereocenters. The molecule has 0 amide bonds.